The number of nitrogen functional groups attached to an aromatic ring is 1. The molecular formula is C14H23N5O7. The van der Waals surface area contributed by atoms with Gasteiger partial charge >= 0.3 is 11.9 Å². The summed E-state index contributed by atoms with van der Waals surface area (Å²) >= 11 is 0. The number of aromatic nitrogens is 2. The summed E-state index contributed by atoms with van der Waals surface area (Å²) in [4.78, 5) is 41.7. The molecule has 0 saturated heterocycles. The molecule has 1 aliphatic heterocycles. The van der Waals surface area contributed by atoms with Gasteiger partial charge in [-0.1, -0.05) is 0 Å². The monoisotopic (exact) mass is 373 g/mol. The van der Waals surface area contributed by atoms with Crippen molar-refractivity contribution < 1.29 is 28.9 Å². The predicted molar refractivity (Wildman–Crippen MR) is 91.1 cm³/mol. The van der Waals surface area contributed by atoms with E-state index < -0.39 is 17.9 Å². The van der Waals surface area contributed by atoms with Gasteiger partial charge in [-0.15, -0.1) is 0 Å². The Bertz CT molecular complexity index is 678. The molecule has 146 valence electrons. The number of aliphatic hydroxyl groups is 1. The number of esters is 2. The molecule has 26 heavy (non-hydrogen) atoms. The molecule has 0 amide bonds. The summed E-state index contributed by atoms with van der Waals surface area (Å²) in [7, 11) is 1.00. The second-order valence-electron chi connectivity index (χ2n) is 4.94. The highest BCUT2D eigenvalue weighted by Crippen LogP contribution is 2.28. The molecule has 2 rings (SSSR count). The topological polar surface area (TPSA) is 169 Å². The fraction of sp³-hybridized carbons (Fsp3) is 0.571. The fourth-order valence-corrected chi connectivity index (χ4v) is 2.05. The van der Waals surface area contributed by atoms with Crippen LogP contribution in [0.4, 0.5) is 17.5 Å². The second-order valence-corrected chi connectivity index (χ2v) is 4.94. The highest BCUT2D eigenvalue weighted by atomic mass is 16.7. The number of hydrogen-bond donors (Lipinski definition) is 4. The minimum Gasteiger partial charge on any atom is -0.466 e. The van der Waals surface area contributed by atoms with Crippen LogP contribution in [0.25, 0.3) is 0 Å². The summed E-state index contributed by atoms with van der Waals surface area (Å²) < 4.78 is 15.4. The molecule has 1 aliphatic rings. The van der Waals surface area contributed by atoms with Crippen molar-refractivity contribution in [3.8, 4) is 0 Å². The van der Waals surface area contributed by atoms with Gasteiger partial charge in [0.2, 0.25) is 5.95 Å². The molecule has 0 aliphatic carbocycles. The molecule has 0 aromatic carbocycles. The number of aromatic amines is 1. The number of nitrogens with one attached hydrogen (secondary N) is 2. The van der Waals surface area contributed by atoms with E-state index in [1.165, 1.54) is 18.7 Å². The number of anilines is 3. The molecule has 0 spiro atoms. The van der Waals surface area contributed by atoms with Crippen LogP contribution in [0.3, 0.4) is 0 Å². The van der Waals surface area contributed by atoms with Crippen molar-refractivity contribution in [2.24, 2.45) is 0 Å². The average Bonchev–Trinajstić information content (AvgIpc) is 2.98. The molecule has 1 aromatic rings. The number of rotatable bonds is 7. The molecule has 0 saturated carbocycles. The molecule has 0 bridgehead atoms. The van der Waals surface area contributed by atoms with Crippen LogP contribution in [-0.4, -0.2) is 60.4 Å². The van der Waals surface area contributed by atoms with Crippen molar-refractivity contribution in [3.63, 3.8) is 0 Å². The van der Waals surface area contributed by atoms with E-state index in [1.54, 1.807) is 0 Å². The first-order chi connectivity index (χ1) is 12.4. The van der Waals surface area contributed by atoms with Gasteiger partial charge in [-0.05, 0) is 0 Å². The normalized spacial score (nSPS) is 13.0. The molecule has 12 heteroatoms. The molecule has 5 N–H and O–H groups in total. The lowest BCUT2D eigenvalue weighted by Crippen LogP contribution is -2.41. The first-order valence-electron chi connectivity index (χ1n) is 7.65. The SMILES string of the molecule is CC(=O)OCCCOC(OC(C)=O)N1CNc2c1nc(N)[nH]c2=O.CO. The lowest BCUT2D eigenvalue weighted by molar-refractivity contribution is -0.176. The zero-order valence-electron chi connectivity index (χ0n) is 14.8. The number of carbonyl (C=O) groups is 2. The molecule has 1 unspecified atom stereocenters. The first kappa shape index (κ1) is 21.2. The Morgan fingerprint density at radius 1 is 1.31 bits per heavy atom. The molecule has 2 heterocycles. The summed E-state index contributed by atoms with van der Waals surface area (Å²) in [6.07, 6.45) is -0.682. The maximum absolute atomic E-state index is 11.8. The maximum atomic E-state index is 11.8. The minimum absolute atomic E-state index is 0.0658. The van der Waals surface area contributed by atoms with Crippen molar-refractivity contribution in [3.05, 3.63) is 10.4 Å². The third kappa shape index (κ3) is 5.89. The third-order valence-electron chi connectivity index (χ3n) is 2.99. The van der Waals surface area contributed by atoms with E-state index >= 15 is 0 Å². The summed E-state index contributed by atoms with van der Waals surface area (Å²) in [5, 5.41) is 9.84. The Kier molecular flexibility index (Phi) is 8.31. The van der Waals surface area contributed by atoms with Gasteiger partial charge in [-0.25, -0.2) is 0 Å². The van der Waals surface area contributed by atoms with Crippen molar-refractivity contribution in [2.45, 2.75) is 26.7 Å². The van der Waals surface area contributed by atoms with Gasteiger partial charge in [-0.3, -0.25) is 24.3 Å². The smallest absolute Gasteiger partial charge is 0.306 e. The van der Waals surface area contributed by atoms with Crippen LogP contribution in [0.1, 0.15) is 20.3 Å². The standard InChI is InChI=1S/C13H19N5O6.CH4O/c1-7(19)22-4-3-5-23-13(24-8(2)20)18-6-15-9-10(18)16-12(14)17-11(9)21;1-2/h13,15H,3-6H2,1-2H3,(H3,14,16,17,21);2H,1H3. The summed E-state index contributed by atoms with van der Waals surface area (Å²) in [6.45, 7) is 3.04. The van der Waals surface area contributed by atoms with E-state index in [-0.39, 0.29) is 43.3 Å². The quantitative estimate of drug-likeness (QED) is 0.262. The Morgan fingerprint density at radius 2 is 2.00 bits per heavy atom. The Labute approximate surface area is 149 Å². The Morgan fingerprint density at radius 3 is 2.62 bits per heavy atom. The largest absolute Gasteiger partial charge is 0.466 e. The maximum Gasteiger partial charge on any atom is 0.306 e. The Balaban J connectivity index is 0.00000163. The number of aliphatic hydroxyl groups excluding tert-OH is 1. The molecule has 12 nitrogen and oxygen atoms in total. The number of nitrogens with two attached hydrogens (primary N) is 1. The highest BCUT2D eigenvalue weighted by Gasteiger charge is 2.32. The predicted octanol–water partition coefficient (Wildman–Crippen LogP) is -1.03. The molecule has 0 radical (unpaired) electrons. The Hall–Kier alpha value is -2.86. The van der Waals surface area contributed by atoms with Crippen molar-refractivity contribution in [1.82, 2.24) is 9.97 Å². The van der Waals surface area contributed by atoms with Crippen LogP contribution in [0, 0.1) is 0 Å². The van der Waals surface area contributed by atoms with Crippen LogP contribution < -0.4 is 21.5 Å². The minimum atomic E-state index is -1.10. The fourth-order valence-electron chi connectivity index (χ4n) is 2.05. The molecule has 0 fully saturated rings. The van der Waals surface area contributed by atoms with Crippen LogP contribution in [-0.2, 0) is 23.8 Å². The second kappa shape index (κ2) is 10.2. The van der Waals surface area contributed by atoms with E-state index in [4.69, 9.17) is 25.1 Å². The van der Waals surface area contributed by atoms with Gasteiger partial charge in [-0.2, -0.15) is 4.98 Å². The molecule has 1 atom stereocenters. The lowest BCUT2D eigenvalue weighted by atomic mass is 10.4. The van der Waals surface area contributed by atoms with Crippen molar-refractivity contribution in [2.75, 3.05) is 42.9 Å². The van der Waals surface area contributed by atoms with E-state index in [1.807, 2.05) is 0 Å². The lowest BCUT2D eigenvalue weighted by Gasteiger charge is -2.27. The van der Waals surface area contributed by atoms with Gasteiger partial charge in [0, 0.05) is 27.4 Å². The third-order valence-corrected chi connectivity index (χ3v) is 2.99. The van der Waals surface area contributed by atoms with Crippen LogP contribution in [0.2, 0.25) is 0 Å². The number of H-pyrrole nitrogens is 1. The van der Waals surface area contributed by atoms with Crippen molar-refractivity contribution >= 4 is 29.4 Å². The number of carbonyl (C=O) groups excluding carboxylic acids is 2. The molecule has 1 aromatic heterocycles. The van der Waals surface area contributed by atoms with Gasteiger partial charge < -0.3 is 30.4 Å². The first-order valence-corrected chi connectivity index (χ1v) is 7.65. The van der Waals surface area contributed by atoms with Crippen molar-refractivity contribution in [1.29, 1.82) is 0 Å². The van der Waals surface area contributed by atoms with Crippen LogP contribution in [0.5, 0.6) is 0 Å². The zero-order chi connectivity index (χ0) is 19.7. The van der Waals surface area contributed by atoms with Crippen LogP contribution >= 0.6 is 0 Å². The number of nitrogens with zero attached hydrogens (tertiary/aromatic N) is 2. The van der Waals surface area contributed by atoms with Gasteiger partial charge in [0.25, 0.3) is 12.0 Å². The average molecular weight is 373 g/mol. The van der Waals surface area contributed by atoms with Gasteiger partial charge in [0.1, 0.15) is 5.69 Å². The number of hydrogen-bond acceptors (Lipinski definition) is 11. The van der Waals surface area contributed by atoms with E-state index in [9.17, 15) is 14.4 Å². The van der Waals surface area contributed by atoms with E-state index in [0.717, 1.165) is 7.11 Å². The van der Waals surface area contributed by atoms with Crippen LogP contribution in [0.15, 0.2) is 4.79 Å². The summed E-state index contributed by atoms with van der Waals surface area (Å²) in [6, 6.07) is 0. The summed E-state index contributed by atoms with van der Waals surface area (Å²) in [5.41, 5.74) is 5.32. The molecular weight excluding hydrogens is 350 g/mol. The van der Waals surface area contributed by atoms with E-state index in [0.29, 0.717) is 6.42 Å². The highest BCUT2D eigenvalue weighted by molar-refractivity contribution is 5.72. The van der Waals surface area contributed by atoms with Gasteiger partial charge in [0.15, 0.2) is 5.82 Å². The van der Waals surface area contributed by atoms with Gasteiger partial charge in [0.05, 0.1) is 19.9 Å². The summed E-state index contributed by atoms with van der Waals surface area (Å²) in [5.74, 6) is -0.791. The zero-order valence-corrected chi connectivity index (χ0v) is 14.8. The number of ether oxygens (including phenoxy) is 3. The van der Waals surface area contributed by atoms with E-state index in [2.05, 4.69) is 15.3 Å². The number of fused-ring (bicyclic) bond motifs is 1.